The lowest BCUT2D eigenvalue weighted by Crippen LogP contribution is -2.47. The maximum atomic E-state index is 12.4. The topological polar surface area (TPSA) is 55.8 Å². The summed E-state index contributed by atoms with van der Waals surface area (Å²) < 4.78 is 0. The minimum atomic E-state index is -0.191. The highest BCUT2D eigenvalue weighted by Crippen LogP contribution is 2.18. The Morgan fingerprint density at radius 2 is 1.95 bits per heavy atom. The molecule has 1 aromatic rings. The van der Waals surface area contributed by atoms with Crippen molar-refractivity contribution >= 4 is 6.03 Å². The van der Waals surface area contributed by atoms with Gasteiger partial charge in [-0.1, -0.05) is 30.3 Å². The number of carbonyl (C=O) groups is 1. The van der Waals surface area contributed by atoms with Crippen LogP contribution in [0.3, 0.4) is 0 Å². The van der Waals surface area contributed by atoms with Gasteiger partial charge < -0.3 is 20.2 Å². The van der Waals surface area contributed by atoms with Gasteiger partial charge in [0.1, 0.15) is 0 Å². The van der Waals surface area contributed by atoms with Gasteiger partial charge in [-0.15, -0.1) is 0 Å². The Balaban J connectivity index is 2.05. The highest BCUT2D eigenvalue weighted by molar-refractivity contribution is 5.74. The summed E-state index contributed by atoms with van der Waals surface area (Å²) in [5.41, 5.74) is 1.12. The summed E-state index contributed by atoms with van der Waals surface area (Å²) in [7, 11) is 1.72. The van der Waals surface area contributed by atoms with Crippen LogP contribution in [-0.2, 0) is 0 Å². The van der Waals surface area contributed by atoms with Crippen LogP contribution in [0.5, 0.6) is 0 Å². The summed E-state index contributed by atoms with van der Waals surface area (Å²) >= 11 is 0. The van der Waals surface area contributed by atoms with Gasteiger partial charge in [0.25, 0.3) is 0 Å². The molecule has 0 saturated carbocycles. The first-order valence-electron chi connectivity index (χ1n) is 8.03. The van der Waals surface area contributed by atoms with E-state index in [0.29, 0.717) is 0 Å². The number of carbonyl (C=O) groups excluding carboxylic acids is 1. The molecule has 5 heteroatoms. The van der Waals surface area contributed by atoms with E-state index in [2.05, 4.69) is 22.3 Å². The van der Waals surface area contributed by atoms with Gasteiger partial charge in [-0.2, -0.15) is 0 Å². The molecular formula is C17H27N3O2. The summed E-state index contributed by atoms with van der Waals surface area (Å²) in [5, 5.41) is 12.3. The fourth-order valence-electron chi connectivity index (χ4n) is 2.72. The largest absolute Gasteiger partial charge is 0.394 e. The molecule has 0 radical (unpaired) electrons. The SMILES string of the molecule is CC(CO)N(C)C(=O)NC(CN1CCCC1)c1ccccc1. The molecule has 1 aromatic carbocycles. The van der Waals surface area contributed by atoms with Crippen molar-refractivity contribution in [1.29, 1.82) is 0 Å². The van der Waals surface area contributed by atoms with Crippen LogP contribution in [0.2, 0.25) is 0 Å². The maximum Gasteiger partial charge on any atom is 0.317 e. The molecule has 0 bridgehead atoms. The number of benzene rings is 1. The highest BCUT2D eigenvalue weighted by Gasteiger charge is 2.23. The lowest BCUT2D eigenvalue weighted by Gasteiger charge is -2.29. The van der Waals surface area contributed by atoms with E-state index in [1.807, 2.05) is 25.1 Å². The van der Waals surface area contributed by atoms with Crippen molar-refractivity contribution in [2.24, 2.45) is 0 Å². The molecule has 1 saturated heterocycles. The Morgan fingerprint density at radius 3 is 2.55 bits per heavy atom. The van der Waals surface area contributed by atoms with E-state index in [-0.39, 0.29) is 24.7 Å². The van der Waals surface area contributed by atoms with Gasteiger partial charge in [-0.05, 0) is 38.4 Å². The summed E-state index contributed by atoms with van der Waals surface area (Å²) in [6.45, 7) is 4.82. The van der Waals surface area contributed by atoms with Gasteiger partial charge in [0.05, 0.1) is 18.7 Å². The third-order valence-electron chi connectivity index (χ3n) is 4.38. The zero-order chi connectivity index (χ0) is 15.9. The molecule has 2 N–H and O–H groups in total. The number of rotatable bonds is 6. The fourth-order valence-corrected chi connectivity index (χ4v) is 2.72. The van der Waals surface area contributed by atoms with E-state index < -0.39 is 0 Å². The monoisotopic (exact) mass is 305 g/mol. The van der Waals surface area contributed by atoms with Crippen LogP contribution in [0.25, 0.3) is 0 Å². The summed E-state index contributed by atoms with van der Waals surface area (Å²) in [5.74, 6) is 0. The van der Waals surface area contributed by atoms with E-state index in [9.17, 15) is 9.90 Å². The van der Waals surface area contributed by atoms with Crippen LogP contribution >= 0.6 is 0 Å². The third-order valence-corrected chi connectivity index (χ3v) is 4.38. The van der Waals surface area contributed by atoms with E-state index in [0.717, 1.165) is 25.2 Å². The van der Waals surface area contributed by atoms with Crippen molar-refractivity contribution in [1.82, 2.24) is 15.1 Å². The molecule has 2 atom stereocenters. The Bertz CT molecular complexity index is 460. The van der Waals surface area contributed by atoms with Crippen LogP contribution in [0.1, 0.15) is 31.4 Å². The minimum absolute atomic E-state index is 0.0276. The van der Waals surface area contributed by atoms with Crippen LogP contribution in [0, 0.1) is 0 Å². The van der Waals surface area contributed by atoms with Crippen molar-refractivity contribution < 1.29 is 9.90 Å². The molecule has 1 aliphatic rings. The van der Waals surface area contributed by atoms with Gasteiger partial charge >= 0.3 is 6.03 Å². The molecule has 0 aromatic heterocycles. The molecule has 122 valence electrons. The lowest BCUT2D eigenvalue weighted by atomic mass is 10.1. The average Bonchev–Trinajstić information content (AvgIpc) is 3.06. The zero-order valence-corrected chi connectivity index (χ0v) is 13.5. The van der Waals surface area contributed by atoms with Crippen LogP contribution < -0.4 is 5.32 Å². The van der Waals surface area contributed by atoms with Crippen molar-refractivity contribution in [2.45, 2.75) is 31.8 Å². The Labute approximate surface area is 132 Å². The molecule has 2 amide bonds. The Hall–Kier alpha value is -1.59. The van der Waals surface area contributed by atoms with Crippen molar-refractivity contribution in [3.05, 3.63) is 35.9 Å². The number of likely N-dealkylation sites (tertiary alicyclic amines) is 1. The second-order valence-corrected chi connectivity index (χ2v) is 6.06. The summed E-state index contributed by atoms with van der Waals surface area (Å²) in [4.78, 5) is 16.3. The Morgan fingerprint density at radius 1 is 1.32 bits per heavy atom. The molecule has 0 spiro atoms. The van der Waals surface area contributed by atoms with E-state index in [1.165, 1.54) is 12.8 Å². The third kappa shape index (κ3) is 4.45. The number of hydrogen-bond acceptors (Lipinski definition) is 3. The standard InChI is InChI=1S/C17H27N3O2/c1-14(13-21)19(2)17(22)18-16(12-20-10-6-7-11-20)15-8-4-3-5-9-15/h3-5,8-9,14,16,21H,6-7,10-13H2,1-2H3,(H,18,22). The predicted molar refractivity (Wildman–Crippen MR) is 87.7 cm³/mol. The van der Waals surface area contributed by atoms with Gasteiger partial charge in [0.2, 0.25) is 0 Å². The van der Waals surface area contributed by atoms with Crippen LogP contribution in [0.4, 0.5) is 4.79 Å². The zero-order valence-electron chi connectivity index (χ0n) is 13.5. The minimum Gasteiger partial charge on any atom is -0.394 e. The first-order valence-corrected chi connectivity index (χ1v) is 8.03. The molecule has 2 rings (SSSR count). The summed E-state index contributed by atoms with van der Waals surface area (Å²) in [6.07, 6.45) is 2.47. The van der Waals surface area contributed by atoms with Gasteiger partial charge in [0.15, 0.2) is 0 Å². The van der Waals surface area contributed by atoms with E-state index >= 15 is 0 Å². The maximum absolute atomic E-state index is 12.4. The second-order valence-electron chi connectivity index (χ2n) is 6.06. The number of amides is 2. The quantitative estimate of drug-likeness (QED) is 0.843. The number of aliphatic hydroxyl groups excluding tert-OH is 1. The number of nitrogens with one attached hydrogen (secondary N) is 1. The molecule has 2 unspecified atom stereocenters. The number of hydrogen-bond donors (Lipinski definition) is 2. The predicted octanol–water partition coefficient (Wildman–Crippen LogP) is 1.85. The van der Waals surface area contributed by atoms with E-state index in [4.69, 9.17) is 0 Å². The van der Waals surface area contributed by atoms with Gasteiger partial charge in [-0.3, -0.25) is 0 Å². The van der Waals surface area contributed by atoms with Crippen molar-refractivity contribution in [2.75, 3.05) is 33.3 Å². The van der Waals surface area contributed by atoms with Crippen molar-refractivity contribution in [3.8, 4) is 0 Å². The second kappa shape index (κ2) is 8.15. The number of aliphatic hydroxyl groups is 1. The number of likely N-dealkylation sites (N-methyl/N-ethyl adjacent to an activating group) is 1. The van der Waals surface area contributed by atoms with Gasteiger partial charge in [0, 0.05) is 13.6 Å². The first kappa shape index (κ1) is 16.8. The summed E-state index contributed by atoms with van der Waals surface area (Å²) in [6, 6.07) is 9.72. The van der Waals surface area contributed by atoms with Crippen molar-refractivity contribution in [3.63, 3.8) is 0 Å². The number of nitrogens with zero attached hydrogens (tertiary/aromatic N) is 2. The normalized spacial score (nSPS) is 18.0. The van der Waals surface area contributed by atoms with Gasteiger partial charge in [-0.25, -0.2) is 4.79 Å². The molecule has 5 nitrogen and oxygen atoms in total. The molecule has 1 heterocycles. The van der Waals surface area contributed by atoms with Crippen LogP contribution in [-0.4, -0.2) is 60.3 Å². The first-order chi connectivity index (χ1) is 10.6. The average molecular weight is 305 g/mol. The number of urea groups is 1. The molecular weight excluding hydrogens is 278 g/mol. The highest BCUT2D eigenvalue weighted by atomic mass is 16.3. The van der Waals surface area contributed by atoms with Crippen LogP contribution in [0.15, 0.2) is 30.3 Å². The Kier molecular flexibility index (Phi) is 6.21. The smallest absolute Gasteiger partial charge is 0.317 e. The molecule has 0 aliphatic carbocycles. The molecule has 22 heavy (non-hydrogen) atoms. The lowest BCUT2D eigenvalue weighted by molar-refractivity contribution is 0.152. The molecule has 1 aliphatic heterocycles. The fraction of sp³-hybridized carbons (Fsp3) is 0.588. The molecule has 1 fully saturated rings. The van der Waals surface area contributed by atoms with E-state index in [1.54, 1.807) is 11.9 Å².